The fraction of sp³-hybridized carbons (Fsp3) is 0.300. The Labute approximate surface area is 164 Å². The van der Waals surface area contributed by atoms with Gasteiger partial charge in [0.05, 0.1) is 18.7 Å². The largest absolute Gasteiger partial charge is 0.465 e. The summed E-state index contributed by atoms with van der Waals surface area (Å²) in [4.78, 5) is 22.5. The van der Waals surface area contributed by atoms with E-state index in [4.69, 9.17) is 15.7 Å². The predicted molar refractivity (Wildman–Crippen MR) is 108 cm³/mol. The van der Waals surface area contributed by atoms with Gasteiger partial charge < -0.3 is 20.7 Å². The first-order valence-corrected chi connectivity index (χ1v) is 8.82. The number of nitrogens with two attached hydrogens (primary N) is 1. The zero-order valence-corrected chi connectivity index (χ0v) is 16.1. The number of aliphatic imine (C=N–C) groups is 1. The van der Waals surface area contributed by atoms with E-state index < -0.39 is 0 Å². The summed E-state index contributed by atoms with van der Waals surface area (Å²) in [6.45, 7) is 1.78. The quantitative estimate of drug-likeness (QED) is 0.411. The topological polar surface area (TPSA) is 117 Å². The van der Waals surface area contributed by atoms with E-state index in [0.717, 1.165) is 18.5 Å². The minimum absolute atomic E-state index is 0.148. The number of nitriles is 1. The van der Waals surface area contributed by atoms with Gasteiger partial charge in [-0.05, 0) is 50.3 Å². The maximum absolute atomic E-state index is 12.3. The molecule has 0 aliphatic carbocycles. The van der Waals surface area contributed by atoms with Crippen molar-refractivity contribution in [2.75, 3.05) is 32.6 Å². The van der Waals surface area contributed by atoms with Crippen molar-refractivity contribution in [3.8, 4) is 6.07 Å². The Bertz CT molecular complexity index is 856. The molecule has 1 aromatic heterocycles. The highest BCUT2D eigenvalue weighted by Crippen LogP contribution is 2.13. The Morgan fingerprint density at radius 3 is 2.86 bits per heavy atom. The average molecular weight is 380 g/mol. The molecule has 1 aromatic carbocycles. The molecule has 0 unspecified atom stereocenters. The van der Waals surface area contributed by atoms with Gasteiger partial charge in [0.25, 0.3) is 11.9 Å². The number of rotatable bonds is 8. The summed E-state index contributed by atoms with van der Waals surface area (Å²) in [7, 11) is 4.00. The van der Waals surface area contributed by atoms with Crippen molar-refractivity contribution in [3.63, 3.8) is 0 Å². The van der Waals surface area contributed by atoms with E-state index in [-0.39, 0.29) is 17.6 Å². The lowest BCUT2D eigenvalue weighted by Crippen LogP contribution is -2.20. The van der Waals surface area contributed by atoms with Crippen LogP contribution in [0.1, 0.15) is 28.0 Å². The number of nitrogens with zero attached hydrogens (tertiary/aromatic N) is 4. The number of hydrogen-bond acceptors (Lipinski definition) is 6. The first-order chi connectivity index (χ1) is 13.5. The summed E-state index contributed by atoms with van der Waals surface area (Å²) >= 11 is 0. The number of benzene rings is 1. The predicted octanol–water partition coefficient (Wildman–Crippen LogP) is 1.99. The number of amidine groups is 1. The number of nitrogens with one attached hydrogen (secondary N) is 1. The second-order valence-electron chi connectivity index (χ2n) is 6.36. The van der Waals surface area contributed by atoms with Crippen molar-refractivity contribution < 1.29 is 9.53 Å². The molecule has 8 nitrogen and oxygen atoms in total. The molecule has 28 heavy (non-hydrogen) atoms. The molecule has 0 fully saturated rings. The standard InChI is InChI=1S/C20H24N6O2/c1-26(2)9-4-10-28-20(22)24-13-15-5-3-6-17(11-15)25-19(27)18-8-7-16(12-21)14-23-18/h3,5-8,11,14H,4,9-10,13H2,1-2H3,(H2,22,24)(H,25,27). The Kier molecular flexibility index (Phi) is 7.93. The lowest BCUT2D eigenvalue weighted by Gasteiger charge is -2.10. The molecule has 0 aliphatic rings. The summed E-state index contributed by atoms with van der Waals surface area (Å²) in [5.74, 6) is -0.353. The Morgan fingerprint density at radius 2 is 2.18 bits per heavy atom. The first-order valence-electron chi connectivity index (χ1n) is 8.82. The van der Waals surface area contributed by atoms with Crippen LogP contribution in [0.5, 0.6) is 0 Å². The minimum Gasteiger partial charge on any atom is -0.465 e. The van der Waals surface area contributed by atoms with E-state index in [1.165, 1.54) is 12.3 Å². The monoisotopic (exact) mass is 380 g/mol. The summed E-state index contributed by atoms with van der Waals surface area (Å²) in [6, 6.07) is 12.5. The second-order valence-corrected chi connectivity index (χ2v) is 6.36. The van der Waals surface area contributed by atoms with Gasteiger partial charge >= 0.3 is 0 Å². The molecular formula is C20H24N6O2. The van der Waals surface area contributed by atoms with Crippen LogP contribution in [0, 0.1) is 11.3 Å². The lowest BCUT2D eigenvalue weighted by molar-refractivity contribution is 0.102. The van der Waals surface area contributed by atoms with E-state index in [0.29, 0.717) is 24.4 Å². The van der Waals surface area contributed by atoms with Gasteiger partial charge in [-0.3, -0.25) is 4.79 Å². The third-order valence-corrected chi connectivity index (χ3v) is 3.73. The number of ether oxygens (including phenoxy) is 1. The highest BCUT2D eigenvalue weighted by molar-refractivity contribution is 6.02. The molecule has 1 amide bonds. The number of amides is 1. The van der Waals surface area contributed by atoms with Gasteiger partial charge in [-0.2, -0.15) is 5.26 Å². The SMILES string of the molecule is CN(C)CCCOC(N)=NCc1cccc(NC(=O)c2ccc(C#N)cn2)c1. The minimum atomic E-state index is -0.353. The highest BCUT2D eigenvalue weighted by Gasteiger charge is 2.08. The van der Waals surface area contributed by atoms with Crippen LogP contribution in [0.3, 0.4) is 0 Å². The number of pyridine rings is 1. The van der Waals surface area contributed by atoms with Crippen LogP contribution in [-0.4, -0.2) is 49.1 Å². The summed E-state index contributed by atoms with van der Waals surface area (Å²) in [6.07, 6.45) is 2.23. The molecule has 0 bridgehead atoms. The van der Waals surface area contributed by atoms with E-state index in [2.05, 4.69) is 20.2 Å². The highest BCUT2D eigenvalue weighted by atomic mass is 16.5. The summed E-state index contributed by atoms with van der Waals surface area (Å²) < 4.78 is 5.39. The molecule has 3 N–H and O–H groups in total. The summed E-state index contributed by atoms with van der Waals surface area (Å²) in [5, 5.41) is 11.6. The zero-order valence-electron chi connectivity index (χ0n) is 16.1. The van der Waals surface area contributed by atoms with E-state index in [9.17, 15) is 4.79 Å². The number of hydrogen-bond donors (Lipinski definition) is 2. The maximum atomic E-state index is 12.3. The zero-order chi connectivity index (χ0) is 20.4. The maximum Gasteiger partial charge on any atom is 0.282 e. The van der Waals surface area contributed by atoms with Gasteiger partial charge in [0.15, 0.2) is 0 Å². The van der Waals surface area contributed by atoms with Crippen LogP contribution in [0.2, 0.25) is 0 Å². The van der Waals surface area contributed by atoms with Crippen molar-refractivity contribution >= 4 is 17.6 Å². The molecule has 0 saturated heterocycles. The fourth-order valence-electron chi connectivity index (χ4n) is 2.31. The van der Waals surface area contributed by atoms with Gasteiger partial charge in [0.2, 0.25) is 0 Å². The van der Waals surface area contributed by atoms with Crippen LogP contribution in [0.4, 0.5) is 5.69 Å². The van der Waals surface area contributed by atoms with Crippen molar-refractivity contribution in [3.05, 3.63) is 59.4 Å². The molecule has 8 heteroatoms. The third-order valence-electron chi connectivity index (χ3n) is 3.73. The van der Waals surface area contributed by atoms with Crippen molar-refractivity contribution in [2.24, 2.45) is 10.7 Å². The number of carbonyl (C=O) groups is 1. The molecule has 0 aliphatic heterocycles. The number of carbonyl (C=O) groups excluding carboxylic acids is 1. The Hall–Kier alpha value is -3.44. The molecule has 146 valence electrons. The molecule has 2 rings (SSSR count). The first kappa shape index (κ1) is 20.9. The lowest BCUT2D eigenvalue weighted by atomic mass is 10.2. The summed E-state index contributed by atoms with van der Waals surface area (Å²) in [5.41, 5.74) is 7.90. The number of anilines is 1. The van der Waals surface area contributed by atoms with Crippen LogP contribution in [0.25, 0.3) is 0 Å². The molecule has 2 aromatic rings. The second kappa shape index (κ2) is 10.6. The van der Waals surface area contributed by atoms with E-state index >= 15 is 0 Å². The van der Waals surface area contributed by atoms with E-state index in [1.807, 2.05) is 38.4 Å². The average Bonchev–Trinajstić information content (AvgIpc) is 2.70. The van der Waals surface area contributed by atoms with Gasteiger partial charge in [-0.15, -0.1) is 0 Å². The van der Waals surface area contributed by atoms with E-state index in [1.54, 1.807) is 12.1 Å². The molecule has 1 heterocycles. The van der Waals surface area contributed by atoms with Gasteiger partial charge in [0, 0.05) is 18.4 Å². The molecule has 0 spiro atoms. The van der Waals surface area contributed by atoms with Gasteiger partial charge in [-0.1, -0.05) is 12.1 Å². The van der Waals surface area contributed by atoms with Crippen molar-refractivity contribution in [1.82, 2.24) is 9.88 Å². The van der Waals surface area contributed by atoms with Crippen molar-refractivity contribution in [1.29, 1.82) is 5.26 Å². The normalized spacial score (nSPS) is 11.1. The van der Waals surface area contributed by atoms with Crippen LogP contribution in [-0.2, 0) is 11.3 Å². The fourth-order valence-corrected chi connectivity index (χ4v) is 2.31. The van der Waals surface area contributed by atoms with Crippen LogP contribution >= 0.6 is 0 Å². The van der Waals surface area contributed by atoms with Gasteiger partial charge in [0.1, 0.15) is 11.8 Å². The van der Waals surface area contributed by atoms with Crippen LogP contribution in [0.15, 0.2) is 47.6 Å². The molecule has 0 atom stereocenters. The van der Waals surface area contributed by atoms with Gasteiger partial charge in [-0.25, -0.2) is 9.98 Å². The molecular weight excluding hydrogens is 356 g/mol. The smallest absolute Gasteiger partial charge is 0.282 e. The van der Waals surface area contributed by atoms with Crippen molar-refractivity contribution in [2.45, 2.75) is 13.0 Å². The van der Waals surface area contributed by atoms with Crippen LogP contribution < -0.4 is 11.1 Å². The molecule has 0 saturated carbocycles. The molecule has 0 radical (unpaired) electrons. The third kappa shape index (κ3) is 7.05. The number of aromatic nitrogens is 1. The Balaban J connectivity index is 1.89. The Morgan fingerprint density at radius 1 is 1.36 bits per heavy atom.